The zero-order valence-corrected chi connectivity index (χ0v) is 9.17. The first-order valence-corrected chi connectivity index (χ1v) is 4.55. The number of ether oxygens (including phenoxy) is 2. The summed E-state index contributed by atoms with van der Waals surface area (Å²) in [4.78, 5) is 21.9. The Bertz CT molecular complexity index is 250. The van der Waals surface area contributed by atoms with E-state index in [0.717, 1.165) is 0 Å². The summed E-state index contributed by atoms with van der Waals surface area (Å²) in [6, 6.07) is 0. The summed E-state index contributed by atoms with van der Waals surface area (Å²) in [6.07, 6.45) is 1.60. The van der Waals surface area contributed by atoms with Crippen LogP contribution in [0.25, 0.3) is 0 Å². The van der Waals surface area contributed by atoms with Gasteiger partial charge in [0.2, 0.25) is 0 Å². The zero-order chi connectivity index (χ0) is 11.8. The van der Waals surface area contributed by atoms with Crippen LogP contribution in [0.3, 0.4) is 0 Å². The average molecular weight is 212 g/mol. The predicted molar refractivity (Wildman–Crippen MR) is 56.2 cm³/mol. The molecule has 0 spiro atoms. The molecular weight excluding hydrogens is 196 g/mol. The molecule has 0 aromatic carbocycles. The Labute approximate surface area is 89.6 Å². The quantitative estimate of drug-likeness (QED) is 0.496. The third kappa shape index (κ3) is 5.00. The van der Waals surface area contributed by atoms with Crippen LogP contribution in [0.5, 0.6) is 0 Å². The normalized spacial score (nSPS) is 9.20. The van der Waals surface area contributed by atoms with Gasteiger partial charge in [0.15, 0.2) is 0 Å². The van der Waals surface area contributed by atoms with Crippen molar-refractivity contribution in [3.05, 3.63) is 24.3 Å². The van der Waals surface area contributed by atoms with Gasteiger partial charge in [0.1, 0.15) is 0 Å². The molecule has 84 valence electrons. The standard InChI is InChI=1S/C11H16O4/c1-8(10(12)14-3)6-5-7-9(2)11(13)15-4/h1-2,5-7H2,3-4H3. The molecule has 0 unspecified atom stereocenters. The molecule has 0 heterocycles. The third-order valence-electron chi connectivity index (χ3n) is 1.91. The summed E-state index contributed by atoms with van der Waals surface area (Å²) in [5.41, 5.74) is 0.797. The molecule has 0 saturated carbocycles. The summed E-state index contributed by atoms with van der Waals surface area (Å²) in [5, 5.41) is 0. The Morgan fingerprint density at radius 3 is 1.53 bits per heavy atom. The molecule has 0 radical (unpaired) electrons. The van der Waals surface area contributed by atoms with Crippen molar-refractivity contribution in [2.75, 3.05) is 14.2 Å². The van der Waals surface area contributed by atoms with Gasteiger partial charge in [0.25, 0.3) is 0 Å². The zero-order valence-electron chi connectivity index (χ0n) is 9.17. The van der Waals surface area contributed by atoms with Gasteiger partial charge in [-0.05, 0) is 19.3 Å². The molecule has 0 aliphatic carbocycles. The van der Waals surface area contributed by atoms with Crippen molar-refractivity contribution >= 4 is 11.9 Å². The minimum atomic E-state index is -0.418. The van der Waals surface area contributed by atoms with Crippen molar-refractivity contribution in [3.8, 4) is 0 Å². The van der Waals surface area contributed by atoms with Crippen LogP contribution in [0.2, 0.25) is 0 Å². The Morgan fingerprint density at radius 1 is 0.933 bits per heavy atom. The van der Waals surface area contributed by atoms with Crippen molar-refractivity contribution < 1.29 is 19.1 Å². The Morgan fingerprint density at radius 2 is 1.27 bits per heavy atom. The fourth-order valence-electron chi connectivity index (χ4n) is 1.01. The molecule has 0 aliphatic heterocycles. The van der Waals surface area contributed by atoms with Gasteiger partial charge in [-0.15, -0.1) is 0 Å². The second kappa shape index (κ2) is 6.81. The molecule has 0 saturated heterocycles. The number of hydrogen-bond acceptors (Lipinski definition) is 4. The van der Waals surface area contributed by atoms with E-state index in [-0.39, 0.29) is 0 Å². The van der Waals surface area contributed by atoms with E-state index < -0.39 is 11.9 Å². The number of carbonyl (C=O) groups is 2. The second-order valence-corrected chi connectivity index (χ2v) is 3.04. The van der Waals surface area contributed by atoms with Crippen LogP contribution in [-0.4, -0.2) is 26.2 Å². The number of rotatable bonds is 6. The van der Waals surface area contributed by atoms with E-state index in [4.69, 9.17) is 0 Å². The SMILES string of the molecule is C=C(CCCC(=C)C(=O)OC)C(=O)OC. The molecule has 0 aliphatic rings. The molecule has 0 bridgehead atoms. The Kier molecular flexibility index (Phi) is 6.09. The van der Waals surface area contributed by atoms with E-state index in [2.05, 4.69) is 22.6 Å². The Hall–Kier alpha value is -1.58. The smallest absolute Gasteiger partial charge is 0.333 e. The van der Waals surface area contributed by atoms with Gasteiger partial charge in [-0.2, -0.15) is 0 Å². The first-order chi connectivity index (χ1) is 7.02. The van der Waals surface area contributed by atoms with Crippen LogP contribution in [0.1, 0.15) is 19.3 Å². The summed E-state index contributed by atoms with van der Waals surface area (Å²) in [6.45, 7) is 7.13. The lowest BCUT2D eigenvalue weighted by Gasteiger charge is -2.04. The molecule has 0 aromatic rings. The molecule has 15 heavy (non-hydrogen) atoms. The van der Waals surface area contributed by atoms with Crippen LogP contribution in [0.4, 0.5) is 0 Å². The highest BCUT2D eigenvalue weighted by atomic mass is 16.5. The van der Waals surface area contributed by atoms with Crippen molar-refractivity contribution in [3.63, 3.8) is 0 Å². The minimum Gasteiger partial charge on any atom is -0.466 e. The molecule has 0 amide bonds. The molecular formula is C11H16O4. The maximum absolute atomic E-state index is 10.9. The van der Waals surface area contributed by atoms with Crippen molar-refractivity contribution in [2.24, 2.45) is 0 Å². The third-order valence-corrected chi connectivity index (χ3v) is 1.91. The number of methoxy groups -OCH3 is 2. The molecule has 0 aromatic heterocycles. The summed E-state index contributed by atoms with van der Waals surface area (Å²) in [5.74, 6) is -0.836. The minimum absolute atomic E-state index is 0.398. The van der Waals surface area contributed by atoms with Crippen molar-refractivity contribution in [2.45, 2.75) is 19.3 Å². The van der Waals surface area contributed by atoms with E-state index in [9.17, 15) is 9.59 Å². The maximum atomic E-state index is 10.9. The van der Waals surface area contributed by atoms with E-state index in [0.29, 0.717) is 30.4 Å². The maximum Gasteiger partial charge on any atom is 0.333 e. The van der Waals surface area contributed by atoms with Crippen LogP contribution >= 0.6 is 0 Å². The Balaban J connectivity index is 3.80. The summed E-state index contributed by atoms with van der Waals surface area (Å²) < 4.78 is 8.97. The molecule has 0 N–H and O–H groups in total. The summed E-state index contributed by atoms with van der Waals surface area (Å²) in [7, 11) is 2.61. The van der Waals surface area contributed by atoms with Gasteiger partial charge in [-0.1, -0.05) is 13.2 Å². The van der Waals surface area contributed by atoms with Crippen LogP contribution in [0.15, 0.2) is 24.3 Å². The fourth-order valence-corrected chi connectivity index (χ4v) is 1.01. The summed E-state index contributed by atoms with van der Waals surface area (Å²) >= 11 is 0. The lowest BCUT2D eigenvalue weighted by Crippen LogP contribution is -2.06. The number of esters is 2. The van der Waals surface area contributed by atoms with Crippen LogP contribution in [0, 0.1) is 0 Å². The van der Waals surface area contributed by atoms with E-state index >= 15 is 0 Å². The highest BCUT2D eigenvalue weighted by Gasteiger charge is 2.09. The first-order valence-electron chi connectivity index (χ1n) is 4.55. The van der Waals surface area contributed by atoms with Crippen LogP contribution < -0.4 is 0 Å². The first kappa shape index (κ1) is 13.4. The molecule has 4 heteroatoms. The van der Waals surface area contributed by atoms with E-state index in [1.165, 1.54) is 14.2 Å². The highest BCUT2D eigenvalue weighted by molar-refractivity contribution is 5.88. The molecule has 4 nitrogen and oxygen atoms in total. The van der Waals surface area contributed by atoms with Crippen molar-refractivity contribution in [1.29, 1.82) is 0 Å². The van der Waals surface area contributed by atoms with Crippen molar-refractivity contribution in [1.82, 2.24) is 0 Å². The monoisotopic (exact) mass is 212 g/mol. The van der Waals surface area contributed by atoms with Gasteiger partial charge in [0.05, 0.1) is 14.2 Å². The topological polar surface area (TPSA) is 52.6 Å². The fraction of sp³-hybridized carbons (Fsp3) is 0.455. The van der Waals surface area contributed by atoms with E-state index in [1.54, 1.807) is 0 Å². The molecule has 0 atom stereocenters. The van der Waals surface area contributed by atoms with Gasteiger partial charge in [-0.3, -0.25) is 0 Å². The number of carbonyl (C=O) groups excluding carboxylic acids is 2. The van der Waals surface area contributed by atoms with Gasteiger partial charge in [0, 0.05) is 11.1 Å². The molecule has 0 fully saturated rings. The largest absolute Gasteiger partial charge is 0.466 e. The average Bonchev–Trinajstić information content (AvgIpc) is 2.26. The predicted octanol–water partition coefficient (Wildman–Crippen LogP) is 1.62. The highest BCUT2D eigenvalue weighted by Crippen LogP contribution is 2.11. The van der Waals surface area contributed by atoms with Gasteiger partial charge >= 0.3 is 11.9 Å². The van der Waals surface area contributed by atoms with Crippen LogP contribution in [-0.2, 0) is 19.1 Å². The molecule has 0 rings (SSSR count). The second-order valence-electron chi connectivity index (χ2n) is 3.04. The van der Waals surface area contributed by atoms with Gasteiger partial charge < -0.3 is 9.47 Å². The lowest BCUT2D eigenvalue weighted by molar-refractivity contribution is -0.136. The lowest BCUT2D eigenvalue weighted by atomic mass is 10.1. The van der Waals surface area contributed by atoms with E-state index in [1.807, 2.05) is 0 Å². The number of hydrogen-bond donors (Lipinski definition) is 0. The van der Waals surface area contributed by atoms with Gasteiger partial charge in [-0.25, -0.2) is 9.59 Å².